The Labute approximate surface area is 300 Å². The van der Waals surface area contributed by atoms with Crippen molar-refractivity contribution in [1.82, 2.24) is 20.0 Å². The summed E-state index contributed by atoms with van der Waals surface area (Å²) in [6.07, 6.45) is 2.66. The molecule has 0 bridgehead atoms. The van der Waals surface area contributed by atoms with Gasteiger partial charge in [0.25, 0.3) is 0 Å². The van der Waals surface area contributed by atoms with Crippen LogP contribution in [0.5, 0.6) is 11.5 Å². The number of piperidine rings is 2. The number of ether oxygens (including phenoxy) is 3. The zero-order chi connectivity index (χ0) is 37.1. The fourth-order valence-electron chi connectivity index (χ4n) is 7.40. The van der Waals surface area contributed by atoms with Gasteiger partial charge in [0.2, 0.25) is 23.6 Å². The minimum absolute atomic E-state index is 0.00113. The summed E-state index contributed by atoms with van der Waals surface area (Å²) >= 11 is 0. The van der Waals surface area contributed by atoms with E-state index in [2.05, 4.69) is 5.32 Å². The molecule has 0 aliphatic carbocycles. The van der Waals surface area contributed by atoms with Crippen LogP contribution < -0.4 is 14.8 Å². The highest BCUT2D eigenvalue weighted by atomic mass is 16.6. The van der Waals surface area contributed by atoms with Crippen molar-refractivity contribution in [2.45, 2.75) is 91.8 Å². The summed E-state index contributed by atoms with van der Waals surface area (Å²) < 4.78 is 15.9. The maximum absolute atomic E-state index is 13.2. The summed E-state index contributed by atoms with van der Waals surface area (Å²) in [5, 5.41) is 3.26. The van der Waals surface area contributed by atoms with Crippen molar-refractivity contribution in [2.24, 2.45) is 10.8 Å². The number of carbonyl (C=O) groups is 5. The van der Waals surface area contributed by atoms with Crippen molar-refractivity contribution in [3.63, 3.8) is 0 Å². The number of imide groups is 2. The first-order valence-corrected chi connectivity index (χ1v) is 17.8. The number of benzene rings is 2. The van der Waals surface area contributed by atoms with E-state index in [1.807, 2.05) is 71.0 Å². The maximum Gasteiger partial charge on any atom is 0.410 e. The average Bonchev–Trinajstić information content (AvgIpc) is 3.45. The molecule has 276 valence electrons. The Hall–Kier alpha value is -4.45. The summed E-state index contributed by atoms with van der Waals surface area (Å²) in [6.45, 7) is 12.5. The maximum atomic E-state index is 13.2. The monoisotopic (exact) mass is 704 g/mol. The number of aryl methyl sites for hydroxylation is 2. The SMILES string of the molecule is COc1ccc(C)c(CN2C(=O)CC3(CCN(C(=O)OC(C)(C)C)CC3)C2=O)c1.COc1ccc(C)c(CN2C(=O)CC3(CCNCC3)C2=O)c1. The lowest BCUT2D eigenvalue weighted by Gasteiger charge is -2.37. The van der Waals surface area contributed by atoms with Crippen LogP contribution in [0, 0.1) is 24.7 Å². The fourth-order valence-corrected chi connectivity index (χ4v) is 7.40. The predicted octanol–water partition coefficient (Wildman–Crippen LogP) is 4.91. The van der Waals surface area contributed by atoms with E-state index in [0.717, 1.165) is 53.9 Å². The second kappa shape index (κ2) is 15.0. The van der Waals surface area contributed by atoms with E-state index in [4.69, 9.17) is 14.2 Å². The molecular formula is C39H52N4O8. The molecule has 1 N–H and O–H groups in total. The second-order valence-electron chi connectivity index (χ2n) is 15.3. The van der Waals surface area contributed by atoms with E-state index in [-0.39, 0.29) is 42.7 Å². The van der Waals surface area contributed by atoms with Crippen molar-refractivity contribution in [1.29, 1.82) is 0 Å². The smallest absolute Gasteiger partial charge is 0.410 e. The van der Waals surface area contributed by atoms with Crippen LogP contribution in [0.15, 0.2) is 36.4 Å². The van der Waals surface area contributed by atoms with E-state index in [9.17, 15) is 24.0 Å². The Bertz CT molecular complexity index is 1670. The zero-order valence-electron chi connectivity index (χ0n) is 31.1. The molecule has 0 unspecified atom stereocenters. The van der Waals surface area contributed by atoms with Gasteiger partial charge >= 0.3 is 6.09 Å². The molecule has 12 heteroatoms. The molecule has 4 aliphatic rings. The van der Waals surface area contributed by atoms with Gasteiger partial charge in [-0.3, -0.25) is 29.0 Å². The number of nitrogens with one attached hydrogen (secondary N) is 1. The van der Waals surface area contributed by atoms with Crippen LogP contribution in [0.1, 0.15) is 81.5 Å². The third-order valence-electron chi connectivity index (χ3n) is 10.7. The lowest BCUT2D eigenvalue weighted by atomic mass is 9.77. The first-order valence-electron chi connectivity index (χ1n) is 17.8. The third kappa shape index (κ3) is 8.21. The first-order chi connectivity index (χ1) is 24.1. The number of likely N-dealkylation sites (tertiary alicyclic amines) is 3. The molecule has 4 fully saturated rings. The normalized spacial score (nSPS) is 19.8. The second-order valence-corrected chi connectivity index (χ2v) is 15.3. The van der Waals surface area contributed by atoms with Crippen molar-refractivity contribution >= 4 is 29.7 Å². The number of rotatable bonds is 6. The van der Waals surface area contributed by atoms with Crippen LogP contribution in [0.25, 0.3) is 0 Å². The van der Waals surface area contributed by atoms with Crippen LogP contribution in [0.4, 0.5) is 4.79 Å². The van der Waals surface area contributed by atoms with E-state index in [1.54, 1.807) is 19.1 Å². The number of carbonyl (C=O) groups excluding carboxylic acids is 5. The number of hydrogen-bond acceptors (Lipinski definition) is 9. The molecule has 5 amide bonds. The van der Waals surface area contributed by atoms with E-state index in [1.165, 1.54) is 9.80 Å². The van der Waals surface area contributed by atoms with Gasteiger partial charge in [0.05, 0.1) is 38.1 Å². The molecule has 0 atom stereocenters. The minimum atomic E-state index is -0.706. The predicted molar refractivity (Wildman–Crippen MR) is 190 cm³/mol. The van der Waals surface area contributed by atoms with Gasteiger partial charge < -0.3 is 24.4 Å². The molecule has 0 saturated carbocycles. The number of methoxy groups -OCH3 is 2. The average molecular weight is 705 g/mol. The van der Waals surface area contributed by atoms with Gasteiger partial charge in [0.15, 0.2) is 0 Å². The molecule has 12 nitrogen and oxygen atoms in total. The number of nitrogens with zero attached hydrogens (tertiary/aromatic N) is 3. The lowest BCUT2D eigenvalue weighted by Crippen LogP contribution is -2.47. The van der Waals surface area contributed by atoms with Crippen molar-refractivity contribution < 1.29 is 38.2 Å². The molecule has 6 rings (SSSR count). The first kappa shape index (κ1) is 37.8. The van der Waals surface area contributed by atoms with Crippen LogP contribution >= 0.6 is 0 Å². The van der Waals surface area contributed by atoms with Crippen LogP contribution in [-0.2, 0) is 37.0 Å². The number of amides is 5. The lowest BCUT2D eigenvalue weighted by molar-refractivity contribution is -0.144. The standard InChI is InChI=1S/C22H30N2O5.C17H22N2O3/c1-15-6-7-17(28-5)12-16(15)14-24-18(25)13-22(19(24)26)8-10-23(11-9-22)20(27)29-21(2,3)4;1-12-3-4-14(22-2)9-13(12)11-19-15(20)10-17(16(19)21)5-7-18-8-6-17/h6-7,12H,8-11,13-14H2,1-5H3;3-4,9,18H,5-8,10-11H2,1-2H3. The van der Waals surface area contributed by atoms with E-state index < -0.39 is 16.4 Å². The molecule has 51 heavy (non-hydrogen) atoms. The third-order valence-corrected chi connectivity index (χ3v) is 10.7. The molecule has 4 aliphatic heterocycles. The highest BCUT2D eigenvalue weighted by molar-refractivity contribution is 6.06. The Morgan fingerprint density at radius 3 is 1.57 bits per heavy atom. The Kier molecular flexibility index (Phi) is 11.1. The Morgan fingerprint density at radius 1 is 0.725 bits per heavy atom. The molecule has 4 heterocycles. The van der Waals surface area contributed by atoms with Gasteiger partial charge in [-0.25, -0.2) is 4.79 Å². The molecule has 0 aromatic heterocycles. The fraction of sp³-hybridized carbons (Fsp3) is 0.564. The van der Waals surface area contributed by atoms with Gasteiger partial charge in [0, 0.05) is 25.9 Å². The Morgan fingerprint density at radius 2 is 1.16 bits per heavy atom. The minimum Gasteiger partial charge on any atom is -0.497 e. The van der Waals surface area contributed by atoms with Gasteiger partial charge in [0.1, 0.15) is 17.1 Å². The highest BCUT2D eigenvalue weighted by Crippen LogP contribution is 2.44. The van der Waals surface area contributed by atoms with Crippen molar-refractivity contribution in [3.8, 4) is 11.5 Å². The molecule has 2 aromatic carbocycles. The molecule has 0 radical (unpaired) electrons. The summed E-state index contributed by atoms with van der Waals surface area (Å²) in [7, 11) is 3.21. The van der Waals surface area contributed by atoms with E-state index >= 15 is 0 Å². The quantitative estimate of drug-likeness (QED) is 0.417. The van der Waals surface area contributed by atoms with Gasteiger partial charge in [-0.1, -0.05) is 12.1 Å². The molecular weight excluding hydrogens is 652 g/mol. The summed E-state index contributed by atoms with van der Waals surface area (Å²) in [5.74, 6) is 1.12. The summed E-state index contributed by atoms with van der Waals surface area (Å²) in [6, 6.07) is 11.4. The molecule has 2 aromatic rings. The van der Waals surface area contributed by atoms with Crippen LogP contribution in [0.2, 0.25) is 0 Å². The van der Waals surface area contributed by atoms with Gasteiger partial charge in [-0.05, 0) is 120 Å². The molecule has 4 saturated heterocycles. The zero-order valence-corrected chi connectivity index (χ0v) is 31.1. The van der Waals surface area contributed by atoms with Gasteiger partial charge in [-0.15, -0.1) is 0 Å². The topological polar surface area (TPSA) is 135 Å². The van der Waals surface area contributed by atoms with Crippen LogP contribution in [0.3, 0.4) is 0 Å². The summed E-state index contributed by atoms with van der Waals surface area (Å²) in [4.78, 5) is 67.8. The van der Waals surface area contributed by atoms with Gasteiger partial charge in [-0.2, -0.15) is 0 Å². The number of hydrogen-bond donors (Lipinski definition) is 1. The molecule has 2 spiro atoms. The van der Waals surface area contributed by atoms with E-state index in [0.29, 0.717) is 44.6 Å². The van der Waals surface area contributed by atoms with Crippen molar-refractivity contribution in [2.75, 3.05) is 40.4 Å². The largest absolute Gasteiger partial charge is 0.497 e. The Balaban J connectivity index is 0.000000205. The summed E-state index contributed by atoms with van der Waals surface area (Å²) in [5.41, 5.74) is 2.20. The van der Waals surface area contributed by atoms with Crippen molar-refractivity contribution in [3.05, 3.63) is 58.7 Å². The highest BCUT2D eigenvalue weighted by Gasteiger charge is 2.53. The van der Waals surface area contributed by atoms with Crippen LogP contribution in [-0.4, -0.2) is 90.4 Å².